The van der Waals surface area contributed by atoms with Crippen molar-refractivity contribution < 1.29 is 9.53 Å². The van der Waals surface area contributed by atoms with Crippen LogP contribution in [-0.4, -0.2) is 22.6 Å². The molecule has 0 aliphatic heterocycles. The Hall–Kier alpha value is -0.940. The lowest BCUT2D eigenvalue weighted by Crippen LogP contribution is -2.38. The summed E-state index contributed by atoms with van der Waals surface area (Å²) in [5.74, 6) is -0.225. The van der Waals surface area contributed by atoms with E-state index in [-0.39, 0.29) is 12.0 Å². The lowest BCUT2D eigenvalue weighted by atomic mass is 10.2. The number of nitrogens with zero attached hydrogens (tertiary/aromatic N) is 1. The molecule has 0 fully saturated rings. The van der Waals surface area contributed by atoms with Crippen molar-refractivity contribution in [2.24, 2.45) is 0 Å². The number of hydrogen-bond acceptors (Lipinski definition) is 5. The van der Waals surface area contributed by atoms with Gasteiger partial charge in [0.15, 0.2) is 0 Å². The van der Waals surface area contributed by atoms with Crippen molar-refractivity contribution in [2.45, 2.75) is 45.9 Å². The standard InChI is InChI=1S/C11H18N2O2S/c1-8(10(14)15-11(2,3)4)13-6-9-5-12-7-16-9/h5,7-8,13H,6H2,1-4H3/t8-/m1/s1. The molecule has 1 aromatic heterocycles. The molecule has 1 atom stereocenters. The fourth-order valence-electron chi connectivity index (χ4n) is 1.06. The van der Waals surface area contributed by atoms with Gasteiger partial charge in [0.1, 0.15) is 11.6 Å². The van der Waals surface area contributed by atoms with Gasteiger partial charge in [0.2, 0.25) is 0 Å². The summed E-state index contributed by atoms with van der Waals surface area (Å²) >= 11 is 1.56. The van der Waals surface area contributed by atoms with Crippen LogP contribution >= 0.6 is 11.3 Å². The average molecular weight is 242 g/mol. The van der Waals surface area contributed by atoms with Gasteiger partial charge in [-0.3, -0.25) is 15.1 Å². The van der Waals surface area contributed by atoms with E-state index in [0.29, 0.717) is 6.54 Å². The summed E-state index contributed by atoms with van der Waals surface area (Å²) < 4.78 is 5.26. The van der Waals surface area contributed by atoms with E-state index in [2.05, 4.69) is 10.3 Å². The summed E-state index contributed by atoms with van der Waals surface area (Å²) in [7, 11) is 0. The molecule has 16 heavy (non-hydrogen) atoms. The predicted octanol–water partition coefficient (Wildman–Crippen LogP) is 1.96. The molecule has 5 heteroatoms. The van der Waals surface area contributed by atoms with E-state index in [4.69, 9.17) is 4.74 Å². The van der Waals surface area contributed by atoms with E-state index < -0.39 is 5.60 Å². The monoisotopic (exact) mass is 242 g/mol. The van der Waals surface area contributed by atoms with Gasteiger partial charge >= 0.3 is 5.97 Å². The van der Waals surface area contributed by atoms with Crippen molar-refractivity contribution in [3.05, 3.63) is 16.6 Å². The molecule has 0 aliphatic carbocycles. The maximum atomic E-state index is 11.6. The molecule has 0 saturated heterocycles. The highest BCUT2D eigenvalue weighted by Crippen LogP contribution is 2.09. The van der Waals surface area contributed by atoms with Gasteiger partial charge < -0.3 is 4.74 Å². The van der Waals surface area contributed by atoms with E-state index >= 15 is 0 Å². The van der Waals surface area contributed by atoms with Crippen molar-refractivity contribution >= 4 is 17.3 Å². The largest absolute Gasteiger partial charge is 0.459 e. The highest BCUT2D eigenvalue weighted by atomic mass is 32.1. The van der Waals surface area contributed by atoms with Gasteiger partial charge in [0.25, 0.3) is 0 Å². The second kappa shape index (κ2) is 5.41. The quantitative estimate of drug-likeness (QED) is 0.820. The highest BCUT2D eigenvalue weighted by molar-refractivity contribution is 7.09. The van der Waals surface area contributed by atoms with Gasteiger partial charge in [0, 0.05) is 17.6 Å². The number of thiazole rings is 1. The molecule has 1 N–H and O–H groups in total. The van der Waals surface area contributed by atoms with Crippen LogP contribution in [0.1, 0.15) is 32.6 Å². The van der Waals surface area contributed by atoms with Crippen LogP contribution in [0.4, 0.5) is 0 Å². The first-order valence-electron chi connectivity index (χ1n) is 5.22. The van der Waals surface area contributed by atoms with E-state index in [9.17, 15) is 4.79 Å². The van der Waals surface area contributed by atoms with Crippen molar-refractivity contribution in [3.63, 3.8) is 0 Å². The smallest absolute Gasteiger partial charge is 0.323 e. The number of carbonyl (C=O) groups excluding carboxylic acids is 1. The lowest BCUT2D eigenvalue weighted by molar-refractivity contribution is -0.157. The van der Waals surface area contributed by atoms with Crippen molar-refractivity contribution in [1.29, 1.82) is 0 Å². The number of carbonyl (C=O) groups is 1. The third kappa shape index (κ3) is 4.72. The zero-order valence-corrected chi connectivity index (χ0v) is 10.9. The topological polar surface area (TPSA) is 51.2 Å². The Labute approximate surface area is 100 Å². The van der Waals surface area contributed by atoms with Crippen molar-refractivity contribution in [3.8, 4) is 0 Å². The molecular formula is C11H18N2O2S. The number of nitrogens with one attached hydrogen (secondary N) is 1. The van der Waals surface area contributed by atoms with Crippen LogP contribution in [0.3, 0.4) is 0 Å². The van der Waals surface area contributed by atoms with E-state index in [0.717, 1.165) is 4.88 Å². The van der Waals surface area contributed by atoms with Gasteiger partial charge in [-0.2, -0.15) is 0 Å². The zero-order chi connectivity index (χ0) is 12.2. The minimum atomic E-state index is -0.433. The Kier molecular flexibility index (Phi) is 4.44. The second-order valence-corrected chi connectivity index (χ2v) is 5.57. The second-order valence-electron chi connectivity index (χ2n) is 4.60. The summed E-state index contributed by atoms with van der Waals surface area (Å²) in [6.07, 6.45) is 1.79. The zero-order valence-electron chi connectivity index (χ0n) is 10.1. The molecule has 1 heterocycles. The number of hydrogen-bond donors (Lipinski definition) is 1. The van der Waals surface area contributed by atoms with Crippen LogP contribution in [-0.2, 0) is 16.1 Å². The molecule has 0 unspecified atom stereocenters. The van der Waals surface area contributed by atoms with Gasteiger partial charge in [-0.05, 0) is 27.7 Å². The van der Waals surface area contributed by atoms with Gasteiger partial charge in [-0.1, -0.05) is 0 Å². The first-order valence-corrected chi connectivity index (χ1v) is 6.10. The molecule has 4 nitrogen and oxygen atoms in total. The molecule has 0 aromatic carbocycles. The van der Waals surface area contributed by atoms with Crippen LogP contribution in [0.15, 0.2) is 11.7 Å². The first-order chi connectivity index (χ1) is 7.38. The highest BCUT2D eigenvalue weighted by Gasteiger charge is 2.21. The van der Waals surface area contributed by atoms with Crippen LogP contribution in [0.25, 0.3) is 0 Å². The van der Waals surface area contributed by atoms with Crippen LogP contribution in [0.5, 0.6) is 0 Å². The molecule has 0 aliphatic rings. The summed E-state index contributed by atoms with van der Waals surface area (Å²) in [4.78, 5) is 16.7. The third-order valence-corrected chi connectivity index (χ3v) is 2.61. The number of esters is 1. The fraction of sp³-hybridized carbons (Fsp3) is 0.636. The first kappa shape index (κ1) is 13.1. The Balaban J connectivity index is 2.35. The fourth-order valence-corrected chi connectivity index (χ4v) is 1.60. The normalized spacial score (nSPS) is 13.5. The Morgan fingerprint density at radius 3 is 2.81 bits per heavy atom. The number of aromatic nitrogens is 1. The summed E-state index contributed by atoms with van der Waals surface area (Å²) in [6.45, 7) is 8.03. The van der Waals surface area contributed by atoms with Crippen molar-refractivity contribution in [2.75, 3.05) is 0 Å². The molecule has 90 valence electrons. The maximum absolute atomic E-state index is 11.6. The molecule has 0 saturated carbocycles. The lowest BCUT2D eigenvalue weighted by Gasteiger charge is -2.22. The molecule has 1 aromatic rings. The van der Waals surface area contributed by atoms with Crippen LogP contribution in [0.2, 0.25) is 0 Å². The predicted molar refractivity (Wildman–Crippen MR) is 64.3 cm³/mol. The van der Waals surface area contributed by atoms with Crippen molar-refractivity contribution in [1.82, 2.24) is 10.3 Å². The van der Waals surface area contributed by atoms with Crippen LogP contribution in [0, 0.1) is 0 Å². The molecule has 0 radical (unpaired) electrons. The molecule has 0 spiro atoms. The summed E-state index contributed by atoms with van der Waals surface area (Å²) in [5.41, 5.74) is 1.34. The molecule has 0 bridgehead atoms. The van der Waals surface area contributed by atoms with Gasteiger partial charge in [-0.15, -0.1) is 11.3 Å². The number of ether oxygens (including phenoxy) is 1. The van der Waals surface area contributed by atoms with Crippen LogP contribution < -0.4 is 5.32 Å². The minimum absolute atomic E-state index is 0.225. The maximum Gasteiger partial charge on any atom is 0.323 e. The molecule has 1 rings (SSSR count). The third-order valence-electron chi connectivity index (χ3n) is 1.83. The van der Waals surface area contributed by atoms with Gasteiger partial charge in [-0.25, -0.2) is 0 Å². The SMILES string of the molecule is C[C@@H](NCc1cncs1)C(=O)OC(C)(C)C. The van der Waals surface area contributed by atoms with E-state index in [1.165, 1.54) is 0 Å². The Bertz CT molecular complexity index is 330. The summed E-state index contributed by atoms with van der Waals surface area (Å²) in [6, 6.07) is -0.304. The van der Waals surface area contributed by atoms with E-state index in [1.54, 1.807) is 30.0 Å². The molecular weight excluding hydrogens is 224 g/mol. The van der Waals surface area contributed by atoms with Gasteiger partial charge in [0.05, 0.1) is 5.51 Å². The van der Waals surface area contributed by atoms with E-state index in [1.807, 2.05) is 20.8 Å². The molecule has 0 amide bonds. The number of rotatable bonds is 4. The average Bonchev–Trinajstić information content (AvgIpc) is 2.63. The summed E-state index contributed by atoms with van der Waals surface area (Å²) in [5, 5.41) is 3.10. The minimum Gasteiger partial charge on any atom is -0.459 e. The Morgan fingerprint density at radius 2 is 2.31 bits per heavy atom. The Morgan fingerprint density at radius 1 is 1.62 bits per heavy atom.